The first kappa shape index (κ1) is 37.1. The molecule has 10 rings (SSSR count). The fourth-order valence-electron chi connectivity index (χ4n) is 7.57. The summed E-state index contributed by atoms with van der Waals surface area (Å²) >= 11 is 0. The van der Waals surface area contributed by atoms with E-state index in [0.29, 0.717) is 5.82 Å². The molecule has 61 heavy (non-hydrogen) atoms. The molecule has 0 spiro atoms. The van der Waals surface area contributed by atoms with Gasteiger partial charge in [-0.25, -0.2) is 9.97 Å². The Morgan fingerprint density at radius 1 is 0.361 bits per heavy atom. The molecule has 0 saturated heterocycles. The number of rotatable bonds is 10. The zero-order valence-corrected chi connectivity index (χ0v) is 33.3. The molecule has 0 amide bonds. The minimum Gasteiger partial charge on any atom is -0.457 e. The molecular weight excluding hydrogens is 745 g/mol. The van der Waals surface area contributed by atoms with Crippen LogP contribution in [0.4, 0.5) is 0 Å². The van der Waals surface area contributed by atoms with Gasteiger partial charge in [0, 0.05) is 22.4 Å². The molecule has 1 aliphatic heterocycles. The quantitative estimate of drug-likeness (QED) is 0.150. The van der Waals surface area contributed by atoms with Gasteiger partial charge in [-0.15, -0.1) is 0 Å². The van der Waals surface area contributed by atoms with Crippen LogP contribution in [-0.4, -0.2) is 15.7 Å². The number of hydrogen-bond acceptors (Lipinski definition) is 5. The van der Waals surface area contributed by atoms with Gasteiger partial charge in [0.05, 0.1) is 17.1 Å². The van der Waals surface area contributed by atoms with Gasteiger partial charge >= 0.3 is 0 Å². The van der Waals surface area contributed by atoms with E-state index < -0.39 is 0 Å². The molecule has 0 radical (unpaired) electrons. The van der Waals surface area contributed by atoms with E-state index >= 15 is 0 Å². The highest BCUT2D eigenvalue weighted by Crippen LogP contribution is 2.33. The van der Waals surface area contributed by atoms with E-state index in [-0.39, 0.29) is 6.17 Å². The third kappa shape index (κ3) is 8.40. The highest BCUT2D eigenvalue weighted by molar-refractivity contribution is 6.13. The lowest BCUT2D eigenvalue weighted by molar-refractivity contribution is 0.482. The Kier molecular flexibility index (Phi) is 10.3. The summed E-state index contributed by atoms with van der Waals surface area (Å²) in [4.78, 5) is 15.3. The summed E-state index contributed by atoms with van der Waals surface area (Å²) in [7, 11) is 0. The van der Waals surface area contributed by atoms with Gasteiger partial charge in [0.2, 0.25) is 0 Å². The third-order valence-corrected chi connectivity index (χ3v) is 10.8. The van der Waals surface area contributed by atoms with E-state index in [4.69, 9.17) is 19.7 Å². The molecule has 1 atom stereocenters. The van der Waals surface area contributed by atoms with Crippen LogP contribution >= 0.6 is 0 Å². The van der Waals surface area contributed by atoms with Gasteiger partial charge in [-0.3, -0.25) is 4.99 Å². The highest BCUT2D eigenvalue weighted by atomic mass is 16.5. The lowest BCUT2D eigenvalue weighted by atomic mass is 9.99. The molecule has 0 aliphatic carbocycles. The molecule has 0 bridgehead atoms. The third-order valence-electron chi connectivity index (χ3n) is 10.8. The van der Waals surface area contributed by atoms with E-state index in [1.807, 2.05) is 72.8 Å². The van der Waals surface area contributed by atoms with Gasteiger partial charge in [0.25, 0.3) is 0 Å². The minimum atomic E-state index is -0.282. The van der Waals surface area contributed by atoms with E-state index in [1.54, 1.807) is 0 Å². The Morgan fingerprint density at radius 3 is 1.28 bits per heavy atom. The molecule has 1 N–H and O–H groups in total. The first-order valence-corrected chi connectivity index (χ1v) is 20.4. The first-order valence-electron chi connectivity index (χ1n) is 20.4. The van der Waals surface area contributed by atoms with Gasteiger partial charge in [-0.1, -0.05) is 182 Å². The first-order chi connectivity index (χ1) is 30.2. The number of aliphatic imine (C=N–C) groups is 1. The van der Waals surface area contributed by atoms with E-state index in [2.05, 4.69) is 163 Å². The second-order valence-electron chi connectivity index (χ2n) is 14.9. The Bertz CT molecular complexity index is 2950. The van der Waals surface area contributed by atoms with Crippen LogP contribution in [0.5, 0.6) is 11.5 Å². The molecule has 9 aromatic rings. The molecule has 2 heterocycles. The van der Waals surface area contributed by atoms with Crippen molar-refractivity contribution in [3.8, 4) is 67.7 Å². The average molecular weight is 785 g/mol. The van der Waals surface area contributed by atoms with E-state index in [1.165, 1.54) is 16.7 Å². The van der Waals surface area contributed by atoms with Crippen molar-refractivity contribution in [3.63, 3.8) is 0 Å². The Labute approximate surface area is 356 Å². The van der Waals surface area contributed by atoms with Crippen molar-refractivity contribution in [1.29, 1.82) is 0 Å². The monoisotopic (exact) mass is 784 g/mol. The summed E-state index contributed by atoms with van der Waals surface area (Å²) in [5.74, 6) is 2.10. The van der Waals surface area contributed by atoms with Crippen molar-refractivity contribution in [2.45, 2.75) is 6.17 Å². The number of hydrogen-bond donors (Lipinski definition) is 1. The van der Waals surface area contributed by atoms with E-state index in [9.17, 15) is 0 Å². The molecule has 1 aliphatic rings. The number of ether oxygens (including phenoxy) is 1. The number of nitrogens with zero attached hydrogens (tertiary/aromatic N) is 3. The second kappa shape index (κ2) is 17.0. The molecule has 8 aromatic carbocycles. The van der Waals surface area contributed by atoms with Gasteiger partial charge < -0.3 is 10.1 Å². The second-order valence-corrected chi connectivity index (χ2v) is 14.9. The van der Waals surface area contributed by atoms with Crippen LogP contribution in [0.3, 0.4) is 0 Å². The maximum atomic E-state index is 6.37. The molecule has 5 heteroatoms. The SMILES string of the molecule is C1=C(c2ccccc2)NC(c2ccc(Oc3ccc(-c4nc(-c5ccccc5)cc(-c5ccc(-c6ccccc6)cc5)n4)cc3)cc2)N=C1c1ccc(-c2ccccc2)cc1. The maximum Gasteiger partial charge on any atom is 0.160 e. The summed E-state index contributed by atoms with van der Waals surface area (Å²) in [5, 5.41) is 3.67. The average Bonchev–Trinajstić information content (AvgIpc) is 3.35. The highest BCUT2D eigenvalue weighted by Gasteiger charge is 2.20. The fourth-order valence-corrected chi connectivity index (χ4v) is 7.57. The summed E-state index contributed by atoms with van der Waals surface area (Å²) < 4.78 is 6.37. The molecule has 0 fully saturated rings. The van der Waals surface area contributed by atoms with Gasteiger partial charge in [0.15, 0.2) is 5.82 Å². The molecular formula is C56H40N4O. The van der Waals surface area contributed by atoms with Crippen LogP contribution in [0.1, 0.15) is 22.9 Å². The van der Waals surface area contributed by atoms with Crippen molar-refractivity contribution < 1.29 is 4.74 Å². The lowest BCUT2D eigenvalue weighted by Gasteiger charge is -2.25. The number of allylic oxidation sites excluding steroid dienone is 1. The molecule has 5 nitrogen and oxygen atoms in total. The maximum absolute atomic E-state index is 6.37. The van der Waals surface area contributed by atoms with Crippen LogP contribution in [-0.2, 0) is 0 Å². The smallest absolute Gasteiger partial charge is 0.160 e. The molecule has 1 aromatic heterocycles. The number of aromatic nitrogens is 2. The van der Waals surface area contributed by atoms with Gasteiger partial charge in [0.1, 0.15) is 17.7 Å². The summed E-state index contributed by atoms with van der Waals surface area (Å²) in [6.07, 6.45) is 1.85. The van der Waals surface area contributed by atoms with Crippen LogP contribution in [0.15, 0.2) is 236 Å². The number of nitrogens with one attached hydrogen (secondary N) is 1. The Balaban J connectivity index is 0.885. The normalized spacial score (nSPS) is 13.4. The van der Waals surface area contributed by atoms with Crippen LogP contribution < -0.4 is 10.1 Å². The summed E-state index contributed by atoms with van der Waals surface area (Å²) in [6, 6.07) is 76.8. The standard InChI is InChI=1S/C56H40N4O/c1-5-13-39(14-6-1)41-21-25-45(26-22-41)53-37-51(43-17-9-3-10-18-43)57-55(59-53)47-29-33-49(34-30-47)61-50-35-31-48(32-36-50)56-58-52(44-19-11-4-12-20-44)38-54(60-56)46-27-23-42(24-28-46)40-15-7-2-8-16-40/h1-38,55,57H. The van der Waals surface area contributed by atoms with Crippen LogP contribution in [0.2, 0.25) is 0 Å². The van der Waals surface area contributed by atoms with Crippen LogP contribution in [0.25, 0.3) is 61.9 Å². The Hall–Kier alpha value is -8.15. The van der Waals surface area contributed by atoms with Crippen molar-refractivity contribution in [3.05, 3.63) is 247 Å². The fraction of sp³-hybridized carbons (Fsp3) is 0.0179. The lowest BCUT2D eigenvalue weighted by Crippen LogP contribution is -2.24. The largest absolute Gasteiger partial charge is 0.457 e. The molecule has 0 saturated carbocycles. The van der Waals surface area contributed by atoms with E-state index in [0.717, 1.165) is 73.2 Å². The van der Waals surface area contributed by atoms with Crippen molar-refractivity contribution in [2.75, 3.05) is 0 Å². The number of benzene rings is 8. The zero-order valence-electron chi connectivity index (χ0n) is 33.3. The van der Waals surface area contributed by atoms with Gasteiger partial charge in [-0.05, 0) is 87.5 Å². The summed E-state index contributed by atoms with van der Waals surface area (Å²) in [5.41, 5.74) is 14.5. The van der Waals surface area contributed by atoms with Crippen molar-refractivity contribution in [1.82, 2.24) is 15.3 Å². The minimum absolute atomic E-state index is 0.282. The topological polar surface area (TPSA) is 59.4 Å². The predicted octanol–water partition coefficient (Wildman–Crippen LogP) is 13.7. The summed E-state index contributed by atoms with van der Waals surface area (Å²) in [6.45, 7) is 0. The Morgan fingerprint density at radius 2 is 0.754 bits per heavy atom. The molecule has 290 valence electrons. The van der Waals surface area contributed by atoms with Crippen LogP contribution in [0, 0.1) is 0 Å². The van der Waals surface area contributed by atoms with Crippen molar-refractivity contribution in [2.24, 2.45) is 4.99 Å². The zero-order chi connectivity index (χ0) is 40.8. The van der Waals surface area contributed by atoms with Crippen molar-refractivity contribution >= 4 is 11.4 Å². The van der Waals surface area contributed by atoms with Gasteiger partial charge in [-0.2, -0.15) is 0 Å². The molecule has 1 unspecified atom stereocenters. The predicted molar refractivity (Wildman–Crippen MR) is 249 cm³/mol.